The molecule has 116 valence electrons. The maximum atomic E-state index is 11.6. The van der Waals surface area contributed by atoms with Crippen LogP contribution in [-0.2, 0) is 9.47 Å². The average molecular weight is 308 g/mol. The first-order valence-electron chi connectivity index (χ1n) is 7.11. The molecule has 0 unspecified atom stereocenters. The highest BCUT2D eigenvalue weighted by molar-refractivity contribution is 5.90. The molecule has 0 heterocycles. The number of rotatable bonds is 3. The van der Waals surface area contributed by atoms with Gasteiger partial charge in [-0.3, -0.25) is 0 Å². The Labute approximate surface area is 135 Å². The van der Waals surface area contributed by atoms with Crippen molar-refractivity contribution in [3.05, 3.63) is 70.8 Å². The molecule has 2 rings (SSSR count). The van der Waals surface area contributed by atoms with Crippen molar-refractivity contribution in [1.82, 2.24) is 0 Å². The van der Waals surface area contributed by atoms with Crippen LogP contribution in [0.5, 0.6) is 0 Å². The minimum Gasteiger partial charge on any atom is -0.465 e. The van der Waals surface area contributed by atoms with Gasteiger partial charge in [-0.05, 0) is 55.5 Å². The van der Waals surface area contributed by atoms with E-state index < -0.39 is 0 Å². The zero-order valence-electron chi connectivity index (χ0n) is 13.0. The SMILES string of the molecule is CCOC(=O)c1ccc(C#Cc2ccc(C(=O)OC)cc2)cc1. The van der Waals surface area contributed by atoms with E-state index in [1.54, 1.807) is 55.5 Å². The standard InChI is InChI=1S/C19H16O4/c1-3-23-19(21)17-12-8-15(9-13-17)5-4-14-6-10-16(11-7-14)18(20)22-2/h6-13H,3H2,1-2H3. The van der Waals surface area contributed by atoms with E-state index in [2.05, 4.69) is 16.6 Å². The maximum absolute atomic E-state index is 11.6. The van der Waals surface area contributed by atoms with Crippen molar-refractivity contribution in [2.75, 3.05) is 13.7 Å². The normalized spacial score (nSPS) is 9.48. The summed E-state index contributed by atoms with van der Waals surface area (Å²) in [6.07, 6.45) is 0. The van der Waals surface area contributed by atoms with E-state index in [9.17, 15) is 9.59 Å². The van der Waals surface area contributed by atoms with Gasteiger partial charge in [0.25, 0.3) is 0 Å². The van der Waals surface area contributed by atoms with Gasteiger partial charge >= 0.3 is 11.9 Å². The third-order valence-corrected chi connectivity index (χ3v) is 3.05. The molecule has 0 aliphatic rings. The molecule has 2 aromatic rings. The molecule has 0 spiro atoms. The topological polar surface area (TPSA) is 52.6 Å². The number of hydrogen-bond acceptors (Lipinski definition) is 4. The molecule has 0 saturated heterocycles. The molecule has 0 atom stereocenters. The van der Waals surface area contributed by atoms with Crippen LogP contribution < -0.4 is 0 Å². The summed E-state index contributed by atoms with van der Waals surface area (Å²) in [7, 11) is 1.34. The summed E-state index contributed by atoms with van der Waals surface area (Å²) >= 11 is 0. The monoisotopic (exact) mass is 308 g/mol. The Morgan fingerprint density at radius 3 is 1.65 bits per heavy atom. The Hall–Kier alpha value is -3.06. The maximum Gasteiger partial charge on any atom is 0.338 e. The zero-order valence-corrected chi connectivity index (χ0v) is 13.0. The minimum absolute atomic E-state index is 0.342. The highest BCUT2D eigenvalue weighted by Gasteiger charge is 2.05. The lowest BCUT2D eigenvalue weighted by Gasteiger charge is -2.01. The van der Waals surface area contributed by atoms with Crippen LogP contribution in [0.2, 0.25) is 0 Å². The van der Waals surface area contributed by atoms with E-state index in [1.165, 1.54) is 7.11 Å². The van der Waals surface area contributed by atoms with Crippen LogP contribution in [0, 0.1) is 11.8 Å². The van der Waals surface area contributed by atoms with Crippen molar-refractivity contribution in [1.29, 1.82) is 0 Å². The second-order valence-electron chi connectivity index (χ2n) is 4.62. The molecule has 0 saturated carbocycles. The highest BCUT2D eigenvalue weighted by atomic mass is 16.5. The lowest BCUT2D eigenvalue weighted by molar-refractivity contribution is 0.0525. The first-order valence-corrected chi connectivity index (χ1v) is 7.11. The summed E-state index contributed by atoms with van der Waals surface area (Å²) in [5, 5.41) is 0. The van der Waals surface area contributed by atoms with Crippen LogP contribution in [0.3, 0.4) is 0 Å². The van der Waals surface area contributed by atoms with Crippen LogP contribution in [0.4, 0.5) is 0 Å². The predicted octanol–water partition coefficient (Wildman–Crippen LogP) is 3.05. The molecule has 0 bridgehead atoms. The van der Waals surface area contributed by atoms with E-state index in [1.807, 2.05) is 0 Å². The summed E-state index contributed by atoms with van der Waals surface area (Å²) in [6.45, 7) is 2.12. The number of esters is 2. The predicted molar refractivity (Wildman–Crippen MR) is 86.2 cm³/mol. The summed E-state index contributed by atoms with van der Waals surface area (Å²) in [5.41, 5.74) is 2.55. The summed E-state index contributed by atoms with van der Waals surface area (Å²) < 4.78 is 9.56. The molecule has 0 aliphatic carbocycles. The van der Waals surface area contributed by atoms with E-state index in [0.717, 1.165) is 11.1 Å². The van der Waals surface area contributed by atoms with Crippen molar-refractivity contribution in [3.8, 4) is 11.8 Å². The summed E-state index contributed by atoms with van der Waals surface area (Å²) in [6, 6.07) is 13.7. The first kappa shape index (κ1) is 16.3. The Morgan fingerprint density at radius 1 is 0.826 bits per heavy atom. The fourth-order valence-electron chi connectivity index (χ4n) is 1.86. The number of carbonyl (C=O) groups excluding carboxylic acids is 2. The number of benzene rings is 2. The fraction of sp³-hybridized carbons (Fsp3) is 0.158. The first-order chi connectivity index (χ1) is 11.1. The fourth-order valence-corrected chi connectivity index (χ4v) is 1.86. The van der Waals surface area contributed by atoms with Gasteiger partial charge in [-0.2, -0.15) is 0 Å². The number of ether oxygens (including phenoxy) is 2. The third kappa shape index (κ3) is 4.45. The van der Waals surface area contributed by atoms with Crippen molar-refractivity contribution < 1.29 is 19.1 Å². The van der Waals surface area contributed by atoms with E-state index in [4.69, 9.17) is 4.74 Å². The Bertz CT molecular complexity index is 747. The van der Waals surface area contributed by atoms with Gasteiger partial charge in [-0.15, -0.1) is 0 Å². The van der Waals surface area contributed by atoms with E-state index in [-0.39, 0.29) is 11.9 Å². The Balaban J connectivity index is 2.09. The van der Waals surface area contributed by atoms with Gasteiger partial charge in [0.1, 0.15) is 0 Å². The summed E-state index contributed by atoms with van der Waals surface area (Å²) in [4.78, 5) is 22.9. The zero-order chi connectivity index (χ0) is 16.7. The molecular weight excluding hydrogens is 292 g/mol. The quantitative estimate of drug-likeness (QED) is 0.646. The van der Waals surface area contributed by atoms with E-state index in [0.29, 0.717) is 17.7 Å². The molecule has 4 nitrogen and oxygen atoms in total. The number of methoxy groups -OCH3 is 1. The lowest BCUT2D eigenvalue weighted by Crippen LogP contribution is -2.04. The molecular formula is C19H16O4. The molecule has 0 amide bonds. The van der Waals surface area contributed by atoms with Gasteiger partial charge in [0.15, 0.2) is 0 Å². The molecule has 0 radical (unpaired) electrons. The molecule has 0 aliphatic heterocycles. The van der Waals surface area contributed by atoms with Gasteiger partial charge in [0.2, 0.25) is 0 Å². The van der Waals surface area contributed by atoms with Crippen molar-refractivity contribution in [3.63, 3.8) is 0 Å². The highest BCUT2D eigenvalue weighted by Crippen LogP contribution is 2.07. The Kier molecular flexibility index (Phi) is 5.54. The van der Waals surface area contributed by atoms with Crippen LogP contribution >= 0.6 is 0 Å². The molecule has 0 aromatic heterocycles. The van der Waals surface area contributed by atoms with Gasteiger partial charge < -0.3 is 9.47 Å². The molecule has 2 aromatic carbocycles. The van der Waals surface area contributed by atoms with Crippen LogP contribution in [0.25, 0.3) is 0 Å². The lowest BCUT2D eigenvalue weighted by atomic mass is 10.1. The van der Waals surface area contributed by atoms with Crippen LogP contribution in [0.15, 0.2) is 48.5 Å². The third-order valence-electron chi connectivity index (χ3n) is 3.05. The van der Waals surface area contributed by atoms with Crippen molar-refractivity contribution in [2.24, 2.45) is 0 Å². The smallest absolute Gasteiger partial charge is 0.338 e. The number of carbonyl (C=O) groups is 2. The van der Waals surface area contributed by atoms with Gasteiger partial charge in [-0.25, -0.2) is 9.59 Å². The minimum atomic E-state index is -0.376. The van der Waals surface area contributed by atoms with Gasteiger partial charge in [-0.1, -0.05) is 11.8 Å². The van der Waals surface area contributed by atoms with Crippen LogP contribution in [-0.4, -0.2) is 25.7 Å². The Morgan fingerprint density at radius 2 is 1.26 bits per heavy atom. The van der Waals surface area contributed by atoms with Crippen molar-refractivity contribution >= 4 is 11.9 Å². The molecule has 0 fully saturated rings. The number of hydrogen-bond donors (Lipinski definition) is 0. The van der Waals surface area contributed by atoms with Gasteiger partial charge in [0, 0.05) is 11.1 Å². The second-order valence-corrected chi connectivity index (χ2v) is 4.62. The van der Waals surface area contributed by atoms with Crippen LogP contribution in [0.1, 0.15) is 38.8 Å². The van der Waals surface area contributed by atoms with Gasteiger partial charge in [0.05, 0.1) is 24.8 Å². The van der Waals surface area contributed by atoms with E-state index >= 15 is 0 Å². The average Bonchev–Trinajstić information content (AvgIpc) is 2.60. The second kappa shape index (κ2) is 7.81. The van der Waals surface area contributed by atoms with Crippen molar-refractivity contribution in [2.45, 2.75) is 6.92 Å². The largest absolute Gasteiger partial charge is 0.465 e. The molecule has 0 N–H and O–H groups in total. The molecule has 4 heteroatoms. The molecule has 23 heavy (non-hydrogen) atoms. The summed E-state index contributed by atoms with van der Waals surface area (Å²) in [5.74, 6) is 5.29.